The monoisotopic (exact) mass is 481 g/mol. The van der Waals surface area contributed by atoms with Crippen molar-refractivity contribution in [1.29, 1.82) is 0 Å². The van der Waals surface area contributed by atoms with Crippen molar-refractivity contribution in [2.75, 3.05) is 6.54 Å². The predicted octanol–water partition coefficient (Wildman–Crippen LogP) is 2.47. The lowest BCUT2D eigenvalue weighted by molar-refractivity contribution is -0.138. The van der Waals surface area contributed by atoms with Gasteiger partial charge in [-0.15, -0.1) is 0 Å². The minimum Gasteiger partial charge on any atom is -0.342 e. The van der Waals surface area contributed by atoms with Gasteiger partial charge in [-0.1, -0.05) is 55.4 Å². The van der Waals surface area contributed by atoms with Crippen LogP contribution in [0.2, 0.25) is 0 Å². The zero-order valence-electron chi connectivity index (χ0n) is 19.9. The fourth-order valence-electron chi connectivity index (χ4n) is 4.31. The quantitative estimate of drug-likeness (QED) is 0.519. The van der Waals surface area contributed by atoms with E-state index >= 15 is 0 Å². The first kappa shape index (κ1) is 24.3. The summed E-state index contributed by atoms with van der Waals surface area (Å²) in [5.74, 6) is -1.73. The summed E-state index contributed by atoms with van der Waals surface area (Å²) in [5.41, 5.74) is 1.63. The van der Waals surface area contributed by atoms with E-state index in [1.807, 2.05) is 44.2 Å². The third kappa shape index (κ3) is 5.16. The van der Waals surface area contributed by atoms with Crippen LogP contribution in [0.1, 0.15) is 61.3 Å². The lowest BCUT2D eigenvalue weighted by Crippen LogP contribution is -2.47. The van der Waals surface area contributed by atoms with Crippen molar-refractivity contribution in [3.63, 3.8) is 0 Å². The van der Waals surface area contributed by atoms with Crippen molar-refractivity contribution in [3.8, 4) is 0 Å². The number of nitrogens with zero attached hydrogens (tertiary/aromatic N) is 4. The lowest BCUT2D eigenvalue weighted by Gasteiger charge is -2.27. The number of nitrogens with one attached hydrogen (secondary N) is 1. The third-order valence-electron chi connectivity index (χ3n) is 6.31. The molecule has 1 saturated heterocycles. The Labute approximate surface area is 201 Å². The number of pyridine rings is 1. The average molecular weight is 482 g/mol. The molecule has 4 rings (SSSR count). The van der Waals surface area contributed by atoms with Crippen LogP contribution in [-0.4, -0.2) is 44.0 Å². The van der Waals surface area contributed by atoms with Crippen LogP contribution in [-0.2, 0) is 23.1 Å². The largest absolute Gasteiger partial charge is 0.441 e. The molecule has 3 heterocycles. The summed E-state index contributed by atoms with van der Waals surface area (Å²) in [7, 11) is 1.47. The molecule has 0 bridgehead atoms. The van der Waals surface area contributed by atoms with E-state index in [0.29, 0.717) is 30.6 Å². The van der Waals surface area contributed by atoms with Crippen LogP contribution in [0, 0.1) is 5.95 Å². The second-order valence-corrected chi connectivity index (χ2v) is 8.97. The first-order valence-corrected chi connectivity index (χ1v) is 11.6. The molecule has 2 amide bonds. The highest BCUT2D eigenvalue weighted by Crippen LogP contribution is 2.26. The molecule has 0 unspecified atom stereocenters. The number of benzene rings is 1. The van der Waals surface area contributed by atoms with E-state index in [9.17, 15) is 18.8 Å². The number of halogens is 1. The topological polar surface area (TPSA) is 110 Å². The van der Waals surface area contributed by atoms with Crippen molar-refractivity contribution in [3.05, 3.63) is 81.6 Å². The maximum absolute atomic E-state index is 14.7. The van der Waals surface area contributed by atoms with Gasteiger partial charge in [0.2, 0.25) is 17.8 Å². The van der Waals surface area contributed by atoms with Crippen LogP contribution >= 0.6 is 0 Å². The number of amides is 2. The minimum atomic E-state index is -0.697. The smallest absolute Gasteiger partial charge is 0.342 e. The Hall–Kier alpha value is -3.82. The highest BCUT2D eigenvalue weighted by Gasteiger charge is 2.36. The van der Waals surface area contributed by atoms with Gasteiger partial charge in [0, 0.05) is 19.2 Å². The summed E-state index contributed by atoms with van der Waals surface area (Å²) >= 11 is 0. The van der Waals surface area contributed by atoms with Crippen molar-refractivity contribution in [1.82, 2.24) is 24.9 Å². The molecule has 2 atom stereocenters. The summed E-state index contributed by atoms with van der Waals surface area (Å²) in [5, 5.41) is 6.62. The van der Waals surface area contributed by atoms with Gasteiger partial charge in [0.15, 0.2) is 5.82 Å². The Morgan fingerprint density at radius 2 is 1.94 bits per heavy atom. The normalized spacial score (nSPS) is 16.5. The SMILES string of the molecule is CC(C)c1ccc([C@@H](NC(=O)[C@@H]2CCCN2C(=O)Cc2noc(=O)n2C)c2ccccc2)nc1F. The fourth-order valence-corrected chi connectivity index (χ4v) is 4.31. The van der Waals surface area contributed by atoms with E-state index in [1.165, 1.54) is 11.9 Å². The second kappa shape index (κ2) is 10.2. The lowest BCUT2D eigenvalue weighted by atomic mass is 9.99. The van der Waals surface area contributed by atoms with Gasteiger partial charge in [0.1, 0.15) is 6.04 Å². The molecule has 10 heteroatoms. The maximum Gasteiger partial charge on any atom is 0.441 e. The Morgan fingerprint density at radius 3 is 2.57 bits per heavy atom. The number of hydrogen-bond donors (Lipinski definition) is 1. The van der Waals surface area contributed by atoms with Crippen LogP contribution in [0.15, 0.2) is 51.8 Å². The summed E-state index contributed by atoms with van der Waals surface area (Å²) in [6.07, 6.45) is 0.996. The second-order valence-electron chi connectivity index (χ2n) is 8.97. The first-order chi connectivity index (χ1) is 16.8. The van der Waals surface area contributed by atoms with Gasteiger partial charge in [-0.2, -0.15) is 4.39 Å². The van der Waals surface area contributed by atoms with Crippen LogP contribution in [0.25, 0.3) is 0 Å². The van der Waals surface area contributed by atoms with Gasteiger partial charge in [0.05, 0.1) is 18.2 Å². The Bertz CT molecular complexity index is 1270. The standard InChI is InChI=1S/C25H28FN5O4/c1-15(2)17-11-12-18(27-23(17)26)22(16-8-5-4-6-9-16)28-24(33)19-10-7-13-31(19)21(32)14-20-29-35-25(34)30(20)3/h4-6,8-9,11-12,15,19,22H,7,10,13-14H2,1-3H3,(H,28,33)/t19-,22-/m0/s1. The first-order valence-electron chi connectivity index (χ1n) is 11.6. The van der Waals surface area contributed by atoms with Gasteiger partial charge in [-0.05, 0) is 30.4 Å². The molecule has 184 valence electrons. The zero-order valence-corrected chi connectivity index (χ0v) is 19.9. The molecule has 1 fully saturated rings. The van der Waals surface area contributed by atoms with Crippen molar-refractivity contribution >= 4 is 11.8 Å². The minimum absolute atomic E-state index is 0.0245. The van der Waals surface area contributed by atoms with E-state index in [-0.39, 0.29) is 30.0 Å². The van der Waals surface area contributed by atoms with Gasteiger partial charge in [-0.3, -0.25) is 18.7 Å². The maximum atomic E-state index is 14.7. The number of rotatable bonds is 7. The van der Waals surface area contributed by atoms with E-state index in [4.69, 9.17) is 0 Å². The van der Waals surface area contributed by atoms with Gasteiger partial charge in [-0.25, -0.2) is 9.78 Å². The summed E-state index contributed by atoms with van der Waals surface area (Å²) < 4.78 is 20.5. The van der Waals surface area contributed by atoms with Gasteiger partial charge < -0.3 is 10.2 Å². The van der Waals surface area contributed by atoms with Crippen LogP contribution in [0.4, 0.5) is 4.39 Å². The van der Waals surface area contributed by atoms with E-state index in [2.05, 4.69) is 20.0 Å². The van der Waals surface area contributed by atoms with Crippen molar-refractivity contribution in [2.24, 2.45) is 7.05 Å². The van der Waals surface area contributed by atoms with Crippen LogP contribution in [0.5, 0.6) is 0 Å². The van der Waals surface area contributed by atoms with Crippen molar-refractivity contribution < 1.29 is 18.5 Å². The highest BCUT2D eigenvalue weighted by atomic mass is 19.1. The highest BCUT2D eigenvalue weighted by molar-refractivity contribution is 5.89. The molecule has 1 aromatic carbocycles. The molecular formula is C25H28FN5O4. The molecule has 2 aromatic heterocycles. The molecule has 3 aromatic rings. The molecular weight excluding hydrogens is 453 g/mol. The number of hydrogen-bond acceptors (Lipinski definition) is 6. The predicted molar refractivity (Wildman–Crippen MR) is 125 cm³/mol. The molecule has 0 spiro atoms. The molecule has 35 heavy (non-hydrogen) atoms. The van der Waals surface area contributed by atoms with E-state index in [0.717, 1.165) is 10.1 Å². The Kier molecular flexibility index (Phi) is 7.09. The van der Waals surface area contributed by atoms with E-state index < -0.39 is 23.8 Å². The van der Waals surface area contributed by atoms with Gasteiger partial charge in [0.25, 0.3) is 0 Å². The fraction of sp³-hybridized carbons (Fsp3) is 0.400. The molecule has 0 saturated carbocycles. The summed E-state index contributed by atoms with van der Waals surface area (Å²) in [6.45, 7) is 4.19. The average Bonchev–Trinajstić information content (AvgIpc) is 3.45. The summed E-state index contributed by atoms with van der Waals surface area (Å²) in [6, 6.07) is 11.2. The third-order valence-corrected chi connectivity index (χ3v) is 6.31. The van der Waals surface area contributed by atoms with Crippen LogP contribution < -0.4 is 11.1 Å². The molecule has 1 aliphatic rings. The van der Waals surface area contributed by atoms with Crippen molar-refractivity contribution in [2.45, 2.75) is 51.1 Å². The molecule has 0 radical (unpaired) electrons. The number of carbonyl (C=O) groups is 2. The van der Waals surface area contributed by atoms with E-state index in [1.54, 1.807) is 12.1 Å². The molecule has 1 N–H and O–H groups in total. The molecule has 1 aliphatic heterocycles. The van der Waals surface area contributed by atoms with Gasteiger partial charge >= 0.3 is 5.76 Å². The molecule has 0 aliphatic carbocycles. The Morgan fingerprint density at radius 1 is 1.20 bits per heavy atom. The summed E-state index contributed by atoms with van der Waals surface area (Å²) in [4.78, 5) is 43.5. The number of aromatic nitrogens is 3. The Balaban J connectivity index is 1.56. The van der Waals surface area contributed by atoms with Crippen LogP contribution in [0.3, 0.4) is 0 Å². The number of carbonyl (C=O) groups excluding carboxylic acids is 2. The zero-order chi connectivity index (χ0) is 25.1. The molecule has 9 nitrogen and oxygen atoms in total. The number of likely N-dealkylation sites (tertiary alicyclic amines) is 1.